The molecule has 0 bridgehead atoms. The van der Waals surface area contributed by atoms with Crippen molar-refractivity contribution in [2.75, 3.05) is 39.2 Å². The lowest BCUT2D eigenvalue weighted by atomic mass is 10.1. The number of carbonyl (C=O) groups excluding carboxylic acids is 1. The first kappa shape index (κ1) is 15.3. The predicted octanol–water partition coefficient (Wildman–Crippen LogP) is 0.406. The van der Waals surface area contributed by atoms with Crippen molar-refractivity contribution in [3.8, 4) is 5.75 Å². The van der Waals surface area contributed by atoms with E-state index in [0.29, 0.717) is 43.2 Å². The second-order valence-electron chi connectivity index (χ2n) is 3.94. The van der Waals surface area contributed by atoms with Crippen molar-refractivity contribution in [1.82, 2.24) is 5.32 Å². The number of rotatable bonds is 8. The fourth-order valence-corrected chi connectivity index (χ4v) is 1.52. The molecule has 0 atom stereocenters. The normalized spacial score (nSPS) is 10.2. The van der Waals surface area contributed by atoms with Crippen LogP contribution in [0.5, 0.6) is 5.75 Å². The first-order valence-electron chi connectivity index (χ1n) is 6.08. The van der Waals surface area contributed by atoms with Crippen molar-refractivity contribution < 1.29 is 19.4 Å². The van der Waals surface area contributed by atoms with E-state index in [2.05, 4.69) is 5.32 Å². The van der Waals surface area contributed by atoms with Gasteiger partial charge in [-0.05, 0) is 18.6 Å². The summed E-state index contributed by atoms with van der Waals surface area (Å²) in [6.07, 6.45) is 0.686. The van der Waals surface area contributed by atoms with Gasteiger partial charge in [-0.15, -0.1) is 0 Å². The zero-order chi connectivity index (χ0) is 14.1. The van der Waals surface area contributed by atoms with Crippen LogP contribution in [0.1, 0.15) is 16.8 Å². The number of nitrogens with two attached hydrogens (primary N) is 1. The van der Waals surface area contributed by atoms with Gasteiger partial charge >= 0.3 is 0 Å². The van der Waals surface area contributed by atoms with Gasteiger partial charge in [0.25, 0.3) is 5.91 Å². The van der Waals surface area contributed by atoms with Crippen LogP contribution in [0.2, 0.25) is 0 Å². The molecule has 4 N–H and O–H groups in total. The Labute approximate surface area is 112 Å². The third kappa shape index (κ3) is 5.58. The molecule has 0 saturated heterocycles. The largest absolute Gasteiger partial charge is 0.497 e. The van der Waals surface area contributed by atoms with E-state index in [0.717, 1.165) is 0 Å². The third-order valence-electron chi connectivity index (χ3n) is 2.41. The minimum absolute atomic E-state index is 0.00937. The molecule has 0 aliphatic heterocycles. The fourth-order valence-electron chi connectivity index (χ4n) is 1.52. The number of ether oxygens (including phenoxy) is 2. The van der Waals surface area contributed by atoms with Crippen LogP contribution in [-0.4, -0.2) is 44.5 Å². The number of carbonyl (C=O) groups is 1. The van der Waals surface area contributed by atoms with Crippen LogP contribution in [0.4, 0.5) is 5.69 Å². The minimum atomic E-state index is -0.201. The number of nitrogen functional groups attached to an aromatic ring is 1. The minimum Gasteiger partial charge on any atom is -0.497 e. The lowest BCUT2D eigenvalue weighted by Gasteiger charge is -2.08. The van der Waals surface area contributed by atoms with Gasteiger partial charge in [0.1, 0.15) is 5.75 Å². The van der Waals surface area contributed by atoms with Crippen molar-refractivity contribution in [2.45, 2.75) is 6.42 Å². The molecule has 0 unspecified atom stereocenters. The first-order valence-corrected chi connectivity index (χ1v) is 6.08. The maximum atomic E-state index is 11.9. The highest BCUT2D eigenvalue weighted by molar-refractivity contribution is 5.95. The number of methoxy groups -OCH3 is 1. The van der Waals surface area contributed by atoms with Gasteiger partial charge < -0.3 is 25.6 Å². The first-order chi connectivity index (χ1) is 9.17. The molecule has 0 fully saturated rings. The van der Waals surface area contributed by atoms with Crippen molar-refractivity contribution in [3.05, 3.63) is 23.8 Å². The van der Waals surface area contributed by atoms with Crippen LogP contribution in [0.3, 0.4) is 0 Å². The Hall–Kier alpha value is -1.79. The Bertz CT molecular complexity index is 410. The molecule has 1 aromatic carbocycles. The summed E-state index contributed by atoms with van der Waals surface area (Å²) in [5, 5.41) is 11.3. The van der Waals surface area contributed by atoms with E-state index in [1.54, 1.807) is 18.2 Å². The second-order valence-corrected chi connectivity index (χ2v) is 3.94. The fraction of sp³-hybridized carbons (Fsp3) is 0.462. The predicted molar refractivity (Wildman–Crippen MR) is 72.3 cm³/mol. The van der Waals surface area contributed by atoms with E-state index in [1.165, 1.54) is 7.11 Å². The summed E-state index contributed by atoms with van der Waals surface area (Å²) in [7, 11) is 1.52. The summed E-state index contributed by atoms with van der Waals surface area (Å²) in [6.45, 7) is 1.33. The van der Waals surface area contributed by atoms with Crippen LogP contribution in [0.15, 0.2) is 18.2 Å². The zero-order valence-corrected chi connectivity index (χ0v) is 11.0. The summed E-state index contributed by atoms with van der Waals surface area (Å²) in [4.78, 5) is 11.9. The molecule has 6 heteroatoms. The Morgan fingerprint density at radius 1 is 1.37 bits per heavy atom. The Kier molecular flexibility index (Phi) is 6.70. The molecular formula is C13H20N2O4. The van der Waals surface area contributed by atoms with E-state index in [4.69, 9.17) is 20.3 Å². The standard InChI is InChI=1S/C13H20N2O4/c1-18-12-8-10(7-11(14)9-12)13(17)15-3-2-5-19-6-4-16/h7-9,16H,2-6,14H2,1H3,(H,15,17). The average Bonchev–Trinajstić information content (AvgIpc) is 2.41. The van der Waals surface area contributed by atoms with Gasteiger partial charge in [-0.2, -0.15) is 0 Å². The van der Waals surface area contributed by atoms with Crippen LogP contribution >= 0.6 is 0 Å². The van der Waals surface area contributed by atoms with Gasteiger partial charge in [-0.25, -0.2) is 0 Å². The molecule has 0 saturated carbocycles. The quantitative estimate of drug-likeness (QED) is 0.469. The molecule has 1 aromatic rings. The molecule has 0 heterocycles. The molecule has 0 radical (unpaired) electrons. The molecule has 6 nitrogen and oxygen atoms in total. The smallest absolute Gasteiger partial charge is 0.251 e. The number of nitrogens with one attached hydrogen (secondary N) is 1. The van der Waals surface area contributed by atoms with Crippen LogP contribution in [0.25, 0.3) is 0 Å². The van der Waals surface area contributed by atoms with E-state index in [9.17, 15) is 4.79 Å². The molecular weight excluding hydrogens is 248 g/mol. The van der Waals surface area contributed by atoms with Crippen molar-refractivity contribution in [1.29, 1.82) is 0 Å². The number of aliphatic hydroxyl groups excluding tert-OH is 1. The molecule has 0 aliphatic rings. The lowest BCUT2D eigenvalue weighted by molar-refractivity contribution is 0.0867. The number of anilines is 1. The van der Waals surface area contributed by atoms with Gasteiger partial charge in [-0.1, -0.05) is 0 Å². The Morgan fingerprint density at radius 3 is 2.84 bits per heavy atom. The van der Waals surface area contributed by atoms with Gasteiger partial charge in [0.2, 0.25) is 0 Å². The van der Waals surface area contributed by atoms with Gasteiger partial charge in [0, 0.05) is 30.5 Å². The molecule has 1 rings (SSSR count). The number of hydrogen-bond acceptors (Lipinski definition) is 5. The topological polar surface area (TPSA) is 93.8 Å². The Morgan fingerprint density at radius 2 is 2.16 bits per heavy atom. The summed E-state index contributed by atoms with van der Waals surface area (Å²) in [5.74, 6) is 0.351. The molecule has 0 aromatic heterocycles. The number of benzene rings is 1. The van der Waals surface area contributed by atoms with Gasteiger partial charge in [0.15, 0.2) is 0 Å². The van der Waals surface area contributed by atoms with Crippen molar-refractivity contribution in [2.24, 2.45) is 0 Å². The number of hydrogen-bond donors (Lipinski definition) is 3. The highest BCUT2D eigenvalue weighted by Crippen LogP contribution is 2.18. The average molecular weight is 268 g/mol. The zero-order valence-electron chi connectivity index (χ0n) is 11.0. The number of amides is 1. The molecule has 106 valence electrons. The van der Waals surface area contributed by atoms with Crippen molar-refractivity contribution >= 4 is 11.6 Å². The summed E-state index contributed by atoms with van der Waals surface area (Å²) in [5.41, 5.74) is 6.63. The van der Waals surface area contributed by atoms with Crippen molar-refractivity contribution in [3.63, 3.8) is 0 Å². The van der Waals surface area contributed by atoms with E-state index >= 15 is 0 Å². The summed E-state index contributed by atoms with van der Waals surface area (Å²) in [6, 6.07) is 4.88. The van der Waals surface area contributed by atoms with E-state index < -0.39 is 0 Å². The molecule has 0 aliphatic carbocycles. The highest BCUT2D eigenvalue weighted by atomic mass is 16.5. The molecule has 1 amide bonds. The highest BCUT2D eigenvalue weighted by Gasteiger charge is 2.07. The third-order valence-corrected chi connectivity index (χ3v) is 2.41. The van der Waals surface area contributed by atoms with Gasteiger partial charge in [0.05, 0.1) is 20.3 Å². The maximum absolute atomic E-state index is 11.9. The lowest BCUT2D eigenvalue weighted by Crippen LogP contribution is -2.25. The molecule has 19 heavy (non-hydrogen) atoms. The molecule has 0 spiro atoms. The van der Waals surface area contributed by atoms with E-state index in [1.807, 2.05) is 0 Å². The second kappa shape index (κ2) is 8.34. The van der Waals surface area contributed by atoms with Crippen LogP contribution in [0, 0.1) is 0 Å². The van der Waals surface area contributed by atoms with E-state index in [-0.39, 0.29) is 12.5 Å². The van der Waals surface area contributed by atoms with Crippen LogP contribution in [-0.2, 0) is 4.74 Å². The Balaban J connectivity index is 2.39. The summed E-state index contributed by atoms with van der Waals surface area (Å²) < 4.78 is 10.1. The van der Waals surface area contributed by atoms with Gasteiger partial charge in [-0.3, -0.25) is 4.79 Å². The maximum Gasteiger partial charge on any atom is 0.251 e. The van der Waals surface area contributed by atoms with Crippen LogP contribution < -0.4 is 15.8 Å². The SMILES string of the molecule is COc1cc(N)cc(C(=O)NCCCOCCO)c1. The number of aliphatic hydroxyl groups is 1. The summed E-state index contributed by atoms with van der Waals surface area (Å²) >= 11 is 0. The monoisotopic (exact) mass is 268 g/mol.